The number of anilines is 2. The smallest absolute Gasteiger partial charge is 0.222 e. The molecule has 2 aromatic rings. The van der Waals surface area contributed by atoms with E-state index in [9.17, 15) is 0 Å². The summed E-state index contributed by atoms with van der Waals surface area (Å²) in [5, 5.41) is 12.5. The van der Waals surface area contributed by atoms with Crippen molar-refractivity contribution in [3.05, 3.63) is 35.0 Å². The Kier molecular flexibility index (Phi) is 11.8. The molecule has 184 valence electrons. The highest BCUT2D eigenvalue weighted by Gasteiger charge is 2.18. The molecule has 2 rings (SSSR count). The first-order chi connectivity index (χ1) is 16.0. The minimum absolute atomic E-state index is 0.101. The molecular formula is C25H40N4O4. The van der Waals surface area contributed by atoms with Gasteiger partial charge in [-0.1, -0.05) is 32.8 Å². The minimum Gasteiger partial charge on any atom is -0.496 e. The lowest BCUT2D eigenvalue weighted by Gasteiger charge is -2.22. The van der Waals surface area contributed by atoms with Crippen LogP contribution in [-0.2, 0) is 11.2 Å². The third kappa shape index (κ3) is 8.70. The number of unbranched alkanes of at least 4 members (excludes halogenated alkanes) is 1. The number of hydrogen-bond acceptors (Lipinski definition) is 8. The van der Waals surface area contributed by atoms with Gasteiger partial charge >= 0.3 is 0 Å². The van der Waals surface area contributed by atoms with E-state index in [0.29, 0.717) is 31.8 Å². The molecule has 0 spiro atoms. The number of hydrogen-bond donors (Lipinski definition) is 3. The van der Waals surface area contributed by atoms with Gasteiger partial charge in [-0.15, -0.1) is 0 Å². The van der Waals surface area contributed by atoms with Crippen LogP contribution in [0.15, 0.2) is 18.2 Å². The number of nitrogens with two attached hydrogens (primary N) is 1. The summed E-state index contributed by atoms with van der Waals surface area (Å²) < 4.78 is 17.2. The summed E-state index contributed by atoms with van der Waals surface area (Å²) in [6.07, 6.45) is 5.35. The van der Waals surface area contributed by atoms with Crippen LogP contribution in [0.2, 0.25) is 0 Å². The van der Waals surface area contributed by atoms with Gasteiger partial charge in [-0.2, -0.15) is 4.98 Å². The minimum atomic E-state index is 0.101. The molecule has 1 aromatic carbocycles. The van der Waals surface area contributed by atoms with Crippen molar-refractivity contribution in [2.75, 3.05) is 44.6 Å². The standard InChI is InChI=1S/C25H40N4O4/c1-5-7-13-32-17-20(9-6-2)28-24-22(18(3)27-25(26)29-24)15-19-10-11-21(16-23(19)31-4)33-14-8-12-30/h10-11,16,20,30H,5-9,12-15,17H2,1-4H3,(H3,26,27,28,29)/t20-/m0/s1. The maximum atomic E-state index is 8.95. The van der Waals surface area contributed by atoms with Gasteiger partial charge in [-0.25, -0.2) is 4.98 Å². The number of aromatic nitrogens is 2. The lowest BCUT2D eigenvalue weighted by atomic mass is 10.0. The SMILES string of the molecule is CCCCOC[C@H](CCC)Nc1nc(N)nc(C)c1Cc1ccc(OCCCO)cc1OC. The van der Waals surface area contributed by atoms with Gasteiger partial charge in [0, 0.05) is 43.4 Å². The fourth-order valence-corrected chi connectivity index (χ4v) is 3.57. The monoisotopic (exact) mass is 460 g/mol. The number of aliphatic hydroxyl groups is 1. The molecule has 8 nitrogen and oxygen atoms in total. The van der Waals surface area contributed by atoms with Crippen molar-refractivity contribution in [3.63, 3.8) is 0 Å². The topological polar surface area (TPSA) is 112 Å². The van der Waals surface area contributed by atoms with Gasteiger partial charge in [0.15, 0.2) is 0 Å². The molecule has 1 aromatic heterocycles. The first-order valence-electron chi connectivity index (χ1n) is 11.9. The van der Waals surface area contributed by atoms with Crippen molar-refractivity contribution < 1.29 is 19.3 Å². The first kappa shape index (κ1) is 26.7. The van der Waals surface area contributed by atoms with Crippen LogP contribution in [-0.4, -0.2) is 54.7 Å². The molecular weight excluding hydrogens is 420 g/mol. The summed E-state index contributed by atoms with van der Waals surface area (Å²) in [7, 11) is 1.65. The van der Waals surface area contributed by atoms with Crippen molar-refractivity contribution in [1.82, 2.24) is 9.97 Å². The number of rotatable bonds is 16. The van der Waals surface area contributed by atoms with E-state index in [1.165, 1.54) is 0 Å². The summed E-state index contributed by atoms with van der Waals surface area (Å²) in [6, 6.07) is 5.92. The molecule has 0 saturated carbocycles. The normalized spacial score (nSPS) is 11.9. The van der Waals surface area contributed by atoms with Crippen LogP contribution < -0.4 is 20.5 Å². The summed E-state index contributed by atoms with van der Waals surface area (Å²) in [5.41, 5.74) is 8.80. The van der Waals surface area contributed by atoms with Gasteiger partial charge < -0.3 is 30.4 Å². The van der Waals surface area contributed by atoms with Crippen LogP contribution in [0.5, 0.6) is 11.5 Å². The second-order valence-corrected chi connectivity index (χ2v) is 8.13. The molecule has 0 aliphatic heterocycles. The number of nitrogens with zero attached hydrogens (tertiary/aromatic N) is 2. The Labute approximate surface area is 197 Å². The zero-order valence-electron chi connectivity index (χ0n) is 20.5. The van der Waals surface area contributed by atoms with Crippen molar-refractivity contribution >= 4 is 11.8 Å². The number of methoxy groups -OCH3 is 1. The Hall–Kier alpha value is -2.58. The average Bonchev–Trinajstić information content (AvgIpc) is 2.79. The summed E-state index contributed by atoms with van der Waals surface area (Å²) >= 11 is 0. The molecule has 0 aliphatic carbocycles. The maximum Gasteiger partial charge on any atom is 0.222 e. The highest BCUT2D eigenvalue weighted by molar-refractivity contribution is 5.54. The van der Waals surface area contributed by atoms with E-state index in [0.717, 1.165) is 60.7 Å². The molecule has 1 heterocycles. The van der Waals surface area contributed by atoms with E-state index in [1.54, 1.807) is 7.11 Å². The van der Waals surface area contributed by atoms with Gasteiger partial charge in [0.1, 0.15) is 17.3 Å². The largest absolute Gasteiger partial charge is 0.496 e. The van der Waals surface area contributed by atoms with Gasteiger partial charge in [0.05, 0.1) is 26.4 Å². The second kappa shape index (κ2) is 14.5. The Morgan fingerprint density at radius 1 is 1.12 bits per heavy atom. The van der Waals surface area contributed by atoms with Crippen LogP contribution >= 0.6 is 0 Å². The number of nitrogen functional groups attached to an aromatic ring is 1. The van der Waals surface area contributed by atoms with Gasteiger partial charge in [-0.3, -0.25) is 0 Å². The van der Waals surface area contributed by atoms with E-state index in [1.807, 2.05) is 25.1 Å². The van der Waals surface area contributed by atoms with Crippen LogP contribution in [0.3, 0.4) is 0 Å². The van der Waals surface area contributed by atoms with E-state index >= 15 is 0 Å². The molecule has 0 amide bonds. The van der Waals surface area contributed by atoms with E-state index < -0.39 is 0 Å². The number of benzene rings is 1. The number of ether oxygens (including phenoxy) is 3. The third-order valence-corrected chi connectivity index (χ3v) is 5.37. The molecule has 4 N–H and O–H groups in total. The summed E-state index contributed by atoms with van der Waals surface area (Å²) in [6.45, 7) is 8.22. The Morgan fingerprint density at radius 3 is 2.64 bits per heavy atom. The molecule has 0 saturated heterocycles. The average molecular weight is 461 g/mol. The van der Waals surface area contributed by atoms with Crippen LogP contribution in [0.4, 0.5) is 11.8 Å². The van der Waals surface area contributed by atoms with Crippen LogP contribution in [0, 0.1) is 6.92 Å². The Bertz CT molecular complexity index is 847. The molecule has 33 heavy (non-hydrogen) atoms. The zero-order valence-corrected chi connectivity index (χ0v) is 20.5. The van der Waals surface area contributed by atoms with Crippen molar-refractivity contribution in [1.29, 1.82) is 0 Å². The van der Waals surface area contributed by atoms with Crippen LogP contribution in [0.1, 0.15) is 62.8 Å². The fraction of sp³-hybridized carbons (Fsp3) is 0.600. The van der Waals surface area contributed by atoms with E-state index in [-0.39, 0.29) is 18.6 Å². The maximum absolute atomic E-state index is 8.95. The summed E-state index contributed by atoms with van der Waals surface area (Å²) in [5.74, 6) is 2.43. The van der Waals surface area contributed by atoms with Crippen molar-refractivity contribution in [2.24, 2.45) is 0 Å². The highest BCUT2D eigenvalue weighted by Crippen LogP contribution is 2.30. The van der Waals surface area contributed by atoms with Gasteiger partial charge in [0.2, 0.25) is 5.95 Å². The van der Waals surface area contributed by atoms with E-state index in [2.05, 4.69) is 29.1 Å². The quantitative estimate of drug-likeness (QED) is 0.321. The number of aryl methyl sites for hydroxylation is 1. The summed E-state index contributed by atoms with van der Waals surface area (Å²) in [4.78, 5) is 8.93. The lowest BCUT2D eigenvalue weighted by Crippen LogP contribution is -2.27. The van der Waals surface area contributed by atoms with Crippen LogP contribution in [0.25, 0.3) is 0 Å². The van der Waals surface area contributed by atoms with Crippen molar-refractivity contribution in [2.45, 2.75) is 65.3 Å². The Morgan fingerprint density at radius 2 is 1.94 bits per heavy atom. The molecule has 0 unspecified atom stereocenters. The number of aliphatic hydroxyl groups excluding tert-OH is 1. The molecule has 0 fully saturated rings. The second-order valence-electron chi connectivity index (χ2n) is 8.13. The molecule has 0 bridgehead atoms. The molecule has 0 aliphatic rings. The highest BCUT2D eigenvalue weighted by atomic mass is 16.5. The fourth-order valence-electron chi connectivity index (χ4n) is 3.57. The predicted molar refractivity (Wildman–Crippen MR) is 132 cm³/mol. The van der Waals surface area contributed by atoms with Gasteiger partial charge in [0.25, 0.3) is 0 Å². The Balaban J connectivity index is 2.24. The molecule has 0 radical (unpaired) electrons. The zero-order chi connectivity index (χ0) is 24.1. The van der Waals surface area contributed by atoms with E-state index in [4.69, 9.17) is 25.1 Å². The first-order valence-corrected chi connectivity index (χ1v) is 11.9. The predicted octanol–water partition coefficient (Wildman–Crippen LogP) is 4.13. The van der Waals surface area contributed by atoms with Gasteiger partial charge in [-0.05, 0) is 31.4 Å². The lowest BCUT2D eigenvalue weighted by molar-refractivity contribution is 0.120. The van der Waals surface area contributed by atoms with Crippen molar-refractivity contribution in [3.8, 4) is 11.5 Å². The molecule has 8 heteroatoms. The third-order valence-electron chi connectivity index (χ3n) is 5.37. The number of nitrogens with one attached hydrogen (secondary N) is 1. The molecule has 1 atom stereocenters.